The summed E-state index contributed by atoms with van der Waals surface area (Å²) in [6.07, 6.45) is 2.26. The van der Waals surface area contributed by atoms with Crippen LogP contribution in [-0.4, -0.2) is 16.9 Å². The zero-order valence-corrected chi connectivity index (χ0v) is 13.5. The highest BCUT2D eigenvalue weighted by molar-refractivity contribution is 8.00. The van der Waals surface area contributed by atoms with E-state index in [1.807, 2.05) is 12.1 Å². The number of halogens is 1. The lowest BCUT2D eigenvalue weighted by molar-refractivity contribution is -0.129. The fraction of sp³-hybridized carbons (Fsp3) is 0.312. The van der Waals surface area contributed by atoms with Gasteiger partial charge in [-0.25, -0.2) is 9.87 Å². The van der Waals surface area contributed by atoms with E-state index in [-0.39, 0.29) is 22.9 Å². The summed E-state index contributed by atoms with van der Waals surface area (Å²) < 4.78 is 12.8. The van der Waals surface area contributed by atoms with Gasteiger partial charge in [0.05, 0.1) is 4.75 Å². The molecule has 22 heavy (non-hydrogen) atoms. The molecule has 3 nitrogen and oxygen atoms in total. The largest absolute Gasteiger partial charge is 0.289 e. The van der Waals surface area contributed by atoms with Gasteiger partial charge in [0.15, 0.2) is 0 Å². The first-order chi connectivity index (χ1) is 10.6. The summed E-state index contributed by atoms with van der Waals surface area (Å²) in [5.74, 6) is 0.414. The lowest BCUT2D eigenvalue weighted by Gasteiger charge is -2.25. The van der Waals surface area contributed by atoms with Crippen molar-refractivity contribution < 1.29 is 14.4 Å². The molecule has 1 atom stereocenters. The number of hydrogen-bond donors (Lipinski definition) is 2. The van der Waals surface area contributed by atoms with E-state index in [0.717, 1.165) is 33.9 Å². The van der Waals surface area contributed by atoms with Crippen molar-refractivity contribution in [3.63, 3.8) is 0 Å². The Bertz CT molecular complexity index is 663. The summed E-state index contributed by atoms with van der Waals surface area (Å²) in [6, 6.07) is 10.5. The van der Waals surface area contributed by atoms with Gasteiger partial charge in [0.25, 0.3) is 0 Å². The van der Waals surface area contributed by atoms with Crippen LogP contribution in [-0.2, 0) is 9.54 Å². The van der Waals surface area contributed by atoms with Crippen molar-refractivity contribution in [3.8, 4) is 10.4 Å². The summed E-state index contributed by atoms with van der Waals surface area (Å²) in [6.45, 7) is 0. The zero-order valence-electron chi connectivity index (χ0n) is 11.8. The van der Waals surface area contributed by atoms with E-state index in [1.165, 1.54) is 12.1 Å². The van der Waals surface area contributed by atoms with Crippen LogP contribution in [0.15, 0.2) is 36.4 Å². The maximum Gasteiger partial charge on any atom is 0.245 e. The molecular formula is C16H16FNO2S2. The standard InChI is InChI=1S/C16H16FNO2S2/c17-12-4-2-11(3-5-12)13-6-7-14(22-13)16(8-1-9-21-16)10-15(19)18-20/h2-7,20H,1,8-10H2,(H,18,19)/t16-/m0/s1. The minimum Gasteiger partial charge on any atom is -0.289 e. The Morgan fingerprint density at radius 2 is 2.05 bits per heavy atom. The fourth-order valence-electron chi connectivity index (χ4n) is 2.77. The quantitative estimate of drug-likeness (QED) is 0.650. The van der Waals surface area contributed by atoms with Gasteiger partial charge in [-0.05, 0) is 48.4 Å². The van der Waals surface area contributed by atoms with Gasteiger partial charge in [-0.3, -0.25) is 10.0 Å². The molecule has 1 amide bonds. The highest BCUT2D eigenvalue weighted by Crippen LogP contribution is 2.52. The molecule has 1 aliphatic rings. The number of benzene rings is 1. The SMILES string of the molecule is O=C(C[C@]1(c2ccc(-c3ccc(F)cc3)s2)CCCS1)NO. The van der Waals surface area contributed by atoms with Crippen molar-refractivity contribution in [2.45, 2.75) is 24.0 Å². The van der Waals surface area contributed by atoms with Gasteiger partial charge in [0, 0.05) is 16.2 Å². The summed E-state index contributed by atoms with van der Waals surface area (Å²) in [7, 11) is 0. The molecule has 0 aliphatic carbocycles. The zero-order chi connectivity index (χ0) is 15.6. The molecule has 1 aliphatic heterocycles. The average Bonchev–Trinajstić information content (AvgIpc) is 3.18. The average molecular weight is 337 g/mol. The number of carbonyl (C=O) groups excluding carboxylic acids is 1. The molecule has 1 aromatic carbocycles. The molecule has 1 aromatic heterocycles. The van der Waals surface area contributed by atoms with Crippen molar-refractivity contribution in [3.05, 3.63) is 47.1 Å². The van der Waals surface area contributed by atoms with Crippen molar-refractivity contribution in [2.24, 2.45) is 0 Å². The fourth-order valence-corrected chi connectivity index (χ4v) is 5.61. The van der Waals surface area contributed by atoms with Gasteiger partial charge in [-0.1, -0.05) is 12.1 Å². The number of rotatable bonds is 4. The Balaban J connectivity index is 1.90. The Kier molecular flexibility index (Phi) is 4.52. The molecule has 3 rings (SSSR count). The van der Waals surface area contributed by atoms with Gasteiger partial charge in [0.1, 0.15) is 5.82 Å². The molecule has 1 fully saturated rings. The number of hydroxylamine groups is 1. The van der Waals surface area contributed by atoms with Crippen molar-refractivity contribution >= 4 is 29.0 Å². The van der Waals surface area contributed by atoms with Crippen LogP contribution >= 0.6 is 23.1 Å². The van der Waals surface area contributed by atoms with Gasteiger partial charge >= 0.3 is 0 Å². The first-order valence-electron chi connectivity index (χ1n) is 7.06. The minimum atomic E-state index is -0.355. The van der Waals surface area contributed by atoms with Gasteiger partial charge < -0.3 is 0 Å². The topological polar surface area (TPSA) is 49.3 Å². The minimum absolute atomic E-state index is 0.247. The van der Waals surface area contributed by atoms with E-state index in [2.05, 4.69) is 0 Å². The van der Waals surface area contributed by atoms with Crippen molar-refractivity contribution in [1.29, 1.82) is 0 Å². The Labute approximate surface area is 136 Å². The van der Waals surface area contributed by atoms with E-state index >= 15 is 0 Å². The van der Waals surface area contributed by atoms with E-state index in [1.54, 1.807) is 40.7 Å². The highest BCUT2D eigenvalue weighted by atomic mass is 32.2. The maximum atomic E-state index is 13.0. The van der Waals surface area contributed by atoms with E-state index in [4.69, 9.17) is 5.21 Å². The third-order valence-corrected chi connectivity index (χ3v) is 6.94. The summed E-state index contributed by atoms with van der Waals surface area (Å²) in [5, 5.41) is 8.82. The summed E-state index contributed by atoms with van der Waals surface area (Å²) in [5.41, 5.74) is 2.72. The number of carbonyl (C=O) groups is 1. The first kappa shape index (κ1) is 15.5. The van der Waals surface area contributed by atoms with E-state index in [9.17, 15) is 9.18 Å². The molecule has 1 saturated heterocycles. The molecule has 2 heterocycles. The molecule has 116 valence electrons. The van der Waals surface area contributed by atoms with Crippen LogP contribution in [0, 0.1) is 5.82 Å². The van der Waals surface area contributed by atoms with Gasteiger partial charge in [-0.15, -0.1) is 23.1 Å². The monoisotopic (exact) mass is 337 g/mol. The number of hydrogen-bond acceptors (Lipinski definition) is 4. The molecule has 0 radical (unpaired) electrons. The molecule has 2 N–H and O–H groups in total. The number of thiophene rings is 1. The molecule has 6 heteroatoms. The summed E-state index contributed by atoms with van der Waals surface area (Å²) >= 11 is 3.41. The van der Waals surface area contributed by atoms with Crippen LogP contribution in [0.4, 0.5) is 4.39 Å². The summed E-state index contributed by atoms with van der Waals surface area (Å²) in [4.78, 5) is 13.8. The second kappa shape index (κ2) is 6.40. The Hall–Kier alpha value is -1.37. The van der Waals surface area contributed by atoms with Crippen molar-refractivity contribution in [1.82, 2.24) is 5.48 Å². The van der Waals surface area contributed by atoms with Crippen LogP contribution in [0.25, 0.3) is 10.4 Å². The number of amides is 1. The molecule has 0 unspecified atom stereocenters. The third-order valence-electron chi connectivity index (χ3n) is 3.86. The van der Waals surface area contributed by atoms with E-state index < -0.39 is 0 Å². The number of thioether (sulfide) groups is 1. The predicted octanol–water partition coefficient (Wildman–Crippen LogP) is 4.17. The van der Waals surface area contributed by atoms with Crippen LogP contribution in [0.5, 0.6) is 0 Å². The van der Waals surface area contributed by atoms with Crippen LogP contribution < -0.4 is 5.48 Å². The van der Waals surface area contributed by atoms with Crippen LogP contribution in [0.1, 0.15) is 24.1 Å². The highest BCUT2D eigenvalue weighted by Gasteiger charge is 2.39. The molecule has 0 spiro atoms. The third kappa shape index (κ3) is 3.04. The van der Waals surface area contributed by atoms with E-state index in [0.29, 0.717) is 0 Å². The van der Waals surface area contributed by atoms with Gasteiger partial charge in [-0.2, -0.15) is 0 Å². The molecule has 2 aromatic rings. The second-order valence-electron chi connectivity index (χ2n) is 5.33. The lowest BCUT2D eigenvalue weighted by atomic mass is 9.97. The molecule has 0 bridgehead atoms. The predicted molar refractivity (Wildman–Crippen MR) is 87.6 cm³/mol. The molecular weight excluding hydrogens is 321 g/mol. The van der Waals surface area contributed by atoms with Crippen LogP contribution in [0.3, 0.4) is 0 Å². The second-order valence-corrected chi connectivity index (χ2v) is 7.89. The normalized spacial score (nSPS) is 21.0. The Morgan fingerprint density at radius 1 is 1.27 bits per heavy atom. The molecule has 0 saturated carbocycles. The maximum absolute atomic E-state index is 13.0. The van der Waals surface area contributed by atoms with Crippen LogP contribution in [0.2, 0.25) is 0 Å². The smallest absolute Gasteiger partial charge is 0.245 e. The number of nitrogens with one attached hydrogen (secondary N) is 1. The van der Waals surface area contributed by atoms with Crippen molar-refractivity contribution in [2.75, 3.05) is 5.75 Å². The Morgan fingerprint density at radius 3 is 2.68 bits per heavy atom. The first-order valence-corrected chi connectivity index (χ1v) is 8.86. The van der Waals surface area contributed by atoms with Gasteiger partial charge in [0.2, 0.25) is 5.91 Å². The lowest BCUT2D eigenvalue weighted by Crippen LogP contribution is -2.28.